The topological polar surface area (TPSA) is 55.2 Å². The Bertz CT molecular complexity index is 473. The first-order chi connectivity index (χ1) is 9.08. The molecular formula is C14H19FN2O2. The molecule has 0 aliphatic rings. The molecule has 104 valence electrons. The Labute approximate surface area is 112 Å². The van der Waals surface area contributed by atoms with Crippen LogP contribution in [0.15, 0.2) is 23.8 Å². The molecule has 0 saturated carbocycles. The number of halogens is 1. The molecular weight excluding hydrogens is 247 g/mol. The van der Waals surface area contributed by atoms with Crippen molar-refractivity contribution in [1.82, 2.24) is 5.32 Å². The van der Waals surface area contributed by atoms with Crippen molar-refractivity contribution in [3.63, 3.8) is 0 Å². The normalized spacial score (nSPS) is 11.6. The van der Waals surface area contributed by atoms with Gasteiger partial charge in [-0.15, -0.1) is 0 Å². The number of benzene rings is 1. The minimum absolute atomic E-state index is 0.481. The van der Waals surface area contributed by atoms with Crippen LogP contribution in [0.4, 0.5) is 10.1 Å². The fourth-order valence-electron chi connectivity index (χ4n) is 1.70. The van der Waals surface area contributed by atoms with Crippen molar-refractivity contribution >= 4 is 11.8 Å². The van der Waals surface area contributed by atoms with E-state index in [1.807, 2.05) is 13.0 Å². The minimum Gasteiger partial charge on any atom is -0.313 e. The molecule has 0 spiro atoms. The van der Waals surface area contributed by atoms with Crippen molar-refractivity contribution in [2.45, 2.75) is 26.7 Å². The average molecular weight is 266 g/mol. The van der Waals surface area contributed by atoms with Gasteiger partial charge in [0.1, 0.15) is 0 Å². The van der Waals surface area contributed by atoms with Gasteiger partial charge in [0.25, 0.3) is 0 Å². The van der Waals surface area contributed by atoms with E-state index in [1.165, 1.54) is 6.07 Å². The van der Waals surface area contributed by atoms with E-state index in [4.69, 9.17) is 0 Å². The van der Waals surface area contributed by atoms with Crippen molar-refractivity contribution in [2.75, 3.05) is 13.1 Å². The van der Waals surface area contributed by atoms with Crippen LogP contribution in [0.2, 0.25) is 0 Å². The number of nitro groups is 1. The van der Waals surface area contributed by atoms with E-state index >= 15 is 0 Å². The van der Waals surface area contributed by atoms with Gasteiger partial charge in [0.05, 0.1) is 4.92 Å². The van der Waals surface area contributed by atoms with Gasteiger partial charge in [-0.05, 0) is 31.0 Å². The van der Waals surface area contributed by atoms with E-state index in [1.54, 1.807) is 6.07 Å². The number of hydrogen-bond acceptors (Lipinski definition) is 3. The SMILES string of the molecule is CCCNC/C(=C/c1ccc(F)c([N+](=O)[O-])c1)CC. The lowest BCUT2D eigenvalue weighted by molar-refractivity contribution is -0.387. The third-order valence-corrected chi connectivity index (χ3v) is 2.77. The van der Waals surface area contributed by atoms with Crippen LogP contribution >= 0.6 is 0 Å². The maximum absolute atomic E-state index is 13.2. The molecule has 0 aliphatic heterocycles. The standard InChI is InChI=1S/C14H19FN2O2/c1-3-7-16-10-11(4-2)8-12-5-6-13(15)14(9-12)17(18)19/h5-6,8-9,16H,3-4,7,10H2,1-2H3/b11-8+. The number of nitrogens with one attached hydrogen (secondary N) is 1. The largest absolute Gasteiger partial charge is 0.313 e. The number of hydrogen-bond donors (Lipinski definition) is 1. The van der Waals surface area contributed by atoms with Gasteiger partial charge in [-0.2, -0.15) is 4.39 Å². The molecule has 1 N–H and O–H groups in total. The third-order valence-electron chi connectivity index (χ3n) is 2.77. The summed E-state index contributed by atoms with van der Waals surface area (Å²) in [7, 11) is 0. The first-order valence-electron chi connectivity index (χ1n) is 6.42. The van der Waals surface area contributed by atoms with E-state index in [0.717, 1.165) is 37.6 Å². The molecule has 19 heavy (non-hydrogen) atoms. The molecule has 0 fully saturated rings. The molecule has 0 radical (unpaired) electrons. The second-order valence-corrected chi connectivity index (χ2v) is 4.30. The van der Waals surface area contributed by atoms with Crippen molar-refractivity contribution < 1.29 is 9.31 Å². The Hall–Kier alpha value is -1.75. The van der Waals surface area contributed by atoms with Crippen LogP contribution in [0.3, 0.4) is 0 Å². The quantitative estimate of drug-likeness (QED) is 0.466. The molecule has 0 aliphatic carbocycles. The van der Waals surface area contributed by atoms with Gasteiger partial charge in [0.15, 0.2) is 0 Å². The van der Waals surface area contributed by atoms with Gasteiger partial charge in [-0.3, -0.25) is 10.1 Å². The van der Waals surface area contributed by atoms with E-state index in [9.17, 15) is 14.5 Å². The Morgan fingerprint density at radius 2 is 2.21 bits per heavy atom. The lowest BCUT2D eigenvalue weighted by atomic mass is 10.1. The van der Waals surface area contributed by atoms with Crippen LogP contribution < -0.4 is 5.32 Å². The van der Waals surface area contributed by atoms with Gasteiger partial charge < -0.3 is 5.32 Å². The summed E-state index contributed by atoms with van der Waals surface area (Å²) in [5.74, 6) is -0.802. The van der Waals surface area contributed by atoms with Crippen LogP contribution in [0.1, 0.15) is 32.3 Å². The molecule has 0 atom stereocenters. The Kier molecular flexibility index (Phi) is 6.15. The first-order valence-corrected chi connectivity index (χ1v) is 6.42. The highest BCUT2D eigenvalue weighted by atomic mass is 19.1. The highest BCUT2D eigenvalue weighted by molar-refractivity contribution is 5.56. The molecule has 0 heterocycles. The zero-order valence-corrected chi connectivity index (χ0v) is 11.3. The molecule has 5 heteroatoms. The third kappa shape index (κ3) is 4.79. The maximum Gasteiger partial charge on any atom is 0.305 e. The van der Waals surface area contributed by atoms with E-state index in [-0.39, 0.29) is 0 Å². The average Bonchev–Trinajstić information content (AvgIpc) is 2.39. The highest BCUT2D eigenvalue weighted by Gasteiger charge is 2.13. The molecule has 1 rings (SSSR count). The molecule has 0 unspecified atom stereocenters. The Morgan fingerprint density at radius 1 is 1.47 bits per heavy atom. The maximum atomic E-state index is 13.2. The van der Waals surface area contributed by atoms with Gasteiger partial charge >= 0.3 is 5.69 Å². The van der Waals surface area contributed by atoms with Gasteiger partial charge in [0, 0.05) is 12.6 Å². The van der Waals surface area contributed by atoms with Crippen molar-refractivity contribution in [1.29, 1.82) is 0 Å². The second-order valence-electron chi connectivity index (χ2n) is 4.30. The predicted octanol–water partition coefficient (Wildman–Crippen LogP) is 3.53. The van der Waals surface area contributed by atoms with Crippen LogP contribution in [-0.4, -0.2) is 18.0 Å². The Balaban J connectivity index is 2.89. The molecule has 4 nitrogen and oxygen atoms in total. The molecule has 0 saturated heterocycles. The summed E-state index contributed by atoms with van der Waals surface area (Å²) in [6.45, 7) is 5.79. The summed E-state index contributed by atoms with van der Waals surface area (Å²) in [4.78, 5) is 9.97. The van der Waals surface area contributed by atoms with Gasteiger partial charge in [-0.1, -0.05) is 31.6 Å². The summed E-state index contributed by atoms with van der Waals surface area (Å²) in [6.07, 6.45) is 3.77. The molecule has 0 amide bonds. The number of nitro benzene ring substituents is 1. The first kappa shape index (κ1) is 15.3. The van der Waals surface area contributed by atoms with Crippen molar-refractivity contribution in [2.24, 2.45) is 0 Å². The zero-order chi connectivity index (χ0) is 14.3. The summed E-state index contributed by atoms with van der Waals surface area (Å²) >= 11 is 0. The fraction of sp³-hybridized carbons (Fsp3) is 0.429. The molecule has 0 bridgehead atoms. The summed E-state index contributed by atoms with van der Waals surface area (Å²) in [5.41, 5.74) is 1.31. The molecule has 1 aromatic carbocycles. The van der Waals surface area contributed by atoms with Crippen LogP contribution in [0.5, 0.6) is 0 Å². The molecule has 1 aromatic rings. The van der Waals surface area contributed by atoms with Gasteiger partial charge in [0.2, 0.25) is 5.82 Å². The lowest BCUT2D eigenvalue weighted by Gasteiger charge is -2.06. The van der Waals surface area contributed by atoms with Crippen molar-refractivity contribution in [3.8, 4) is 0 Å². The highest BCUT2D eigenvalue weighted by Crippen LogP contribution is 2.20. The van der Waals surface area contributed by atoms with E-state index < -0.39 is 16.4 Å². The van der Waals surface area contributed by atoms with Crippen LogP contribution in [-0.2, 0) is 0 Å². The fourth-order valence-corrected chi connectivity index (χ4v) is 1.70. The minimum atomic E-state index is -0.802. The summed E-state index contributed by atoms with van der Waals surface area (Å²) in [5, 5.41) is 14.0. The Morgan fingerprint density at radius 3 is 2.79 bits per heavy atom. The monoisotopic (exact) mass is 266 g/mol. The lowest BCUT2D eigenvalue weighted by Crippen LogP contribution is -2.17. The van der Waals surface area contributed by atoms with Crippen LogP contribution in [0, 0.1) is 15.9 Å². The second kappa shape index (κ2) is 7.63. The number of nitrogens with zero attached hydrogens (tertiary/aromatic N) is 1. The predicted molar refractivity (Wildman–Crippen MR) is 74.5 cm³/mol. The summed E-state index contributed by atoms with van der Waals surface area (Å²) in [6, 6.07) is 3.96. The van der Waals surface area contributed by atoms with Crippen LogP contribution in [0.25, 0.3) is 6.08 Å². The van der Waals surface area contributed by atoms with Crippen molar-refractivity contribution in [3.05, 3.63) is 45.3 Å². The zero-order valence-electron chi connectivity index (χ0n) is 11.3. The number of rotatable bonds is 7. The summed E-state index contributed by atoms with van der Waals surface area (Å²) < 4.78 is 13.2. The van der Waals surface area contributed by atoms with E-state index in [2.05, 4.69) is 12.2 Å². The van der Waals surface area contributed by atoms with Gasteiger partial charge in [-0.25, -0.2) is 0 Å². The van der Waals surface area contributed by atoms with E-state index in [0.29, 0.717) is 5.56 Å². The molecule has 0 aromatic heterocycles. The smallest absolute Gasteiger partial charge is 0.305 e.